The average molecular weight is 349 g/mol. The number of anilines is 1. The minimum Gasteiger partial charge on any atom is -0.393 e. The second-order valence-electron chi connectivity index (χ2n) is 6.25. The van der Waals surface area contributed by atoms with Gasteiger partial charge in [0, 0.05) is 42.5 Å². The van der Waals surface area contributed by atoms with Crippen molar-refractivity contribution in [1.82, 2.24) is 4.90 Å². The fourth-order valence-electron chi connectivity index (χ4n) is 3.02. The van der Waals surface area contributed by atoms with Crippen LogP contribution in [0.3, 0.4) is 0 Å². The summed E-state index contributed by atoms with van der Waals surface area (Å²) in [6.45, 7) is 3.02. The molecule has 1 saturated heterocycles. The maximum atomic E-state index is 13.9. The Hall–Kier alpha value is -1.62. The molecule has 1 aliphatic heterocycles. The number of nitrogens with one attached hydrogen (secondary N) is 1. The van der Waals surface area contributed by atoms with Crippen LogP contribution in [0.5, 0.6) is 0 Å². The summed E-state index contributed by atoms with van der Waals surface area (Å²) in [5, 5.41) is 13.5. The van der Waals surface area contributed by atoms with Crippen molar-refractivity contribution >= 4 is 17.3 Å². The molecular formula is C19H22ClFN2O. The molecule has 3 nitrogen and oxygen atoms in total. The summed E-state index contributed by atoms with van der Waals surface area (Å²) in [5.74, 6) is -0.255. The number of rotatable bonds is 5. The lowest BCUT2D eigenvalue weighted by molar-refractivity contribution is 0.0793. The van der Waals surface area contributed by atoms with Crippen LogP contribution in [0.25, 0.3) is 0 Å². The SMILES string of the molecule is OC1CCN(Cc2ccccc2NCc2cc(Cl)ccc2F)CC1. The Kier molecular flexibility index (Phi) is 5.72. The maximum Gasteiger partial charge on any atom is 0.128 e. The Morgan fingerprint density at radius 1 is 1.12 bits per heavy atom. The smallest absolute Gasteiger partial charge is 0.128 e. The Balaban J connectivity index is 1.66. The van der Waals surface area contributed by atoms with Gasteiger partial charge in [0.2, 0.25) is 0 Å². The van der Waals surface area contributed by atoms with Crippen molar-refractivity contribution in [3.05, 3.63) is 64.4 Å². The molecule has 5 heteroatoms. The van der Waals surface area contributed by atoms with E-state index in [0.717, 1.165) is 38.2 Å². The quantitative estimate of drug-likeness (QED) is 0.855. The van der Waals surface area contributed by atoms with Gasteiger partial charge in [0.25, 0.3) is 0 Å². The summed E-state index contributed by atoms with van der Waals surface area (Å²) in [6.07, 6.45) is 1.48. The summed E-state index contributed by atoms with van der Waals surface area (Å²) >= 11 is 5.95. The largest absolute Gasteiger partial charge is 0.393 e. The number of hydrogen-bond donors (Lipinski definition) is 2. The lowest BCUT2D eigenvalue weighted by Crippen LogP contribution is -2.35. The van der Waals surface area contributed by atoms with Crippen LogP contribution in [0, 0.1) is 5.82 Å². The van der Waals surface area contributed by atoms with Crippen molar-refractivity contribution in [2.24, 2.45) is 0 Å². The van der Waals surface area contributed by atoms with Gasteiger partial charge in [-0.2, -0.15) is 0 Å². The number of para-hydroxylation sites is 1. The van der Waals surface area contributed by atoms with Gasteiger partial charge < -0.3 is 10.4 Å². The predicted molar refractivity (Wildman–Crippen MR) is 95.7 cm³/mol. The van der Waals surface area contributed by atoms with E-state index in [1.54, 1.807) is 12.1 Å². The van der Waals surface area contributed by atoms with Gasteiger partial charge in [-0.15, -0.1) is 0 Å². The van der Waals surface area contributed by atoms with Crippen molar-refractivity contribution in [3.63, 3.8) is 0 Å². The molecule has 1 aliphatic rings. The molecule has 0 radical (unpaired) electrons. The van der Waals surface area contributed by atoms with E-state index in [9.17, 15) is 9.50 Å². The first-order chi connectivity index (χ1) is 11.6. The van der Waals surface area contributed by atoms with Crippen LogP contribution in [-0.4, -0.2) is 29.2 Å². The second kappa shape index (κ2) is 7.97. The molecule has 3 rings (SSSR count). The third-order valence-electron chi connectivity index (χ3n) is 4.45. The number of aliphatic hydroxyl groups is 1. The van der Waals surface area contributed by atoms with Gasteiger partial charge in [-0.1, -0.05) is 29.8 Å². The Morgan fingerprint density at radius 2 is 1.88 bits per heavy atom. The Labute approximate surface area is 147 Å². The van der Waals surface area contributed by atoms with Gasteiger partial charge in [-0.25, -0.2) is 4.39 Å². The first-order valence-electron chi connectivity index (χ1n) is 8.28. The zero-order chi connectivity index (χ0) is 16.9. The average Bonchev–Trinajstić information content (AvgIpc) is 2.59. The van der Waals surface area contributed by atoms with E-state index in [4.69, 9.17) is 11.6 Å². The number of hydrogen-bond acceptors (Lipinski definition) is 3. The number of aliphatic hydroxyl groups excluding tert-OH is 1. The molecule has 0 aliphatic carbocycles. The fourth-order valence-corrected chi connectivity index (χ4v) is 3.21. The molecule has 1 fully saturated rings. The van der Waals surface area contributed by atoms with E-state index in [1.165, 1.54) is 11.6 Å². The fraction of sp³-hybridized carbons (Fsp3) is 0.368. The summed E-state index contributed by atoms with van der Waals surface area (Å²) in [4.78, 5) is 2.34. The van der Waals surface area contributed by atoms with Gasteiger partial charge in [-0.3, -0.25) is 4.90 Å². The third kappa shape index (κ3) is 4.47. The van der Waals surface area contributed by atoms with E-state index < -0.39 is 0 Å². The Morgan fingerprint density at radius 3 is 2.67 bits per heavy atom. The number of likely N-dealkylation sites (tertiary alicyclic amines) is 1. The molecule has 0 bridgehead atoms. The molecule has 128 valence electrons. The van der Waals surface area contributed by atoms with E-state index in [1.807, 2.05) is 18.2 Å². The maximum absolute atomic E-state index is 13.9. The highest BCUT2D eigenvalue weighted by atomic mass is 35.5. The highest BCUT2D eigenvalue weighted by Gasteiger charge is 2.17. The highest BCUT2D eigenvalue weighted by Crippen LogP contribution is 2.22. The van der Waals surface area contributed by atoms with Crippen LogP contribution in [0.4, 0.5) is 10.1 Å². The molecule has 24 heavy (non-hydrogen) atoms. The minimum atomic E-state index is -0.255. The van der Waals surface area contributed by atoms with E-state index in [0.29, 0.717) is 17.1 Å². The van der Waals surface area contributed by atoms with Crippen molar-refractivity contribution in [2.75, 3.05) is 18.4 Å². The van der Waals surface area contributed by atoms with E-state index in [2.05, 4.69) is 16.3 Å². The van der Waals surface area contributed by atoms with E-state index in [-0.39, 0.29) is 11.9 Å². The molecule has 2 aromatic rings. The number of piperidine rings is 1. The molecule has 0 spiro atoms. The van der Waals surface area contributed by atoms with Crippen LogP contribution in [-0.2, 0) is 13.1 Å². The molecule has 0 atom stereocenters. The highest BCUT2D eigenvalue weighted by molar-refractivity contribution is 6.30. The monoisotopic (exact) mass is 348 g/mol. The van der Waals surface area contributed by atoms with Crippen LogP contribution >= 0.6 is 11.6 Å². The lowest BCUT2D eigenvalue weighted by atomic mass is 10.1. The molecule has 2 aromatic carbocycles. The zero-order valence-corrected chi connectivity index (χ0v) is 14.3. The van der Waals surface area contributed by atoms with Gasteiger partial charge in [0.15, 0.2) is 0 Å². The molecule has 0 amide bonds. The van der Waals surface area contributed by atoms with Gasteiger partial charge >= 0.3 is 0 Å². The molecule has 1 heterocycles. The standard InChI is InChI=1S/C19H22ClFN2O/c20-16-5-6-18(21)15(11-16)12-22-19-4-2-1-3-14(19)13-23-9-7-17(24)8-10-23/h1-6,11,17,22,24H,7-10,12-13H2. The molecule has 2 N–H and O–H groups in total. The first-order valence-corrected chi connectivity index (χ1v) is 8.66. The predicted octanol–water partition coefficient (Wildman–Crippen LogP) is 4.05. The van der Waals surface area contributed by atoms with Crippen LogP contribution < -0.4 is 5.32 Å². The molecule has 0 saturated carbocycles. The normalized spacial score (nSPS) is 16.3. The second-order valence-corrected chi connectivity index (χ2v) is 6.69. The minimum absolute atomic E-state index is 0.166. The van der Waals surface area contributed by atoms with Gasteiger partial charge in [0.05, 0.1) is 6.10 Å². The number of halogens is 2. The summed E-state index contributed by atoms with van der Waals surface area (Å²) in [6, 6.07) is 12.7. The van der Waals surface area contributed by atoms with Gasteiger partial charge in [-0.05, 0) is 42.7 Å². The van der Waals surface area contributed by atoms with Crippen molar-refractivity contribution in [3.8, 4) is 0 Å². The van der Waals surface area contributed by atoms with Crippen LogP contribution in [0.15, 0.2) is 42.5 Å². The van der Waals surface area contributed by atoms with Crippen molar-refractivity contribution in [2.45, 2.75) is 32.0 Å². The van der Waals surface area contributed by atoms with Crippen molar-refractivity contribution < 1.29 is 9.50 Å². The van der Waals surface area contributed by atoms with Crippen molar-refractivity contribution in [1.29, 1.82) is 0 Å². The van der Waals surface area contributed by atoms with Gasteiger partial charge in [0.1, 0.15) is 5.82 Å². The van der Waals surface area contributed by atoms with E-state index >= 15 is 0 Å². The lowest BCUT2D eigenvalue weighted by Gasteiger charge is -2.30. The molecule has 0 unspecified atom stereocenters. The zero-order valence-electron chi connectivity index (χ0n) is 13.5. The molecular weight excluding hydrogens is 327 g/mol. The summed E-state index contributed by atoms with van der Waals surface area (Å²) < 4.78 is 13.9. The van der Waals surface area contributed by atoms with Crippen LogP contribution in [0.1, 0.15) is 24.0 Å². The number of nitrogens with zero attached hydrogens (tertiary/aromatic N) is 1. The number of benzene rings is 2. The summed E-state index contributed by atoms with van der Waals surface area (Å²) in [7, 11) is 0. The Bertz CT molecular complexity index is 687. The third-order valence-corrected chi connectivity index (χ3v) is 4.68. The first kappa shape index (κ1) is 17.2. The van der Waals surface area contributed by atoms with Crippen LogP contribution in [0.2, 0.25) is 5.02 Å². The molecule has 0 aromatic heterocycles. The topological polar surface area (TPSA) is 35.5 Å². The summed E-state index contributed by atoms with van der Waals surface area (Å²) in [5.41, 5.74) is 2.73.